The molecule has 0 bridgehead atoms. The lowest BCUT2D eigenvalue weighted by molar-refractivity contribution is 0.0521. The molecule has 5 heterocycles. The van der Waals surface area contributed by atoms with E-state index in [2.05, 4.69) is 4.99 Å². The normalized spacial score (nSPS) is 16.4. The minimum Gasteiger partial charge on any atom is -0.462 e. The fourth-order valence-corrected chi connectivity index (χ4v) is 4.68. The second-order valence-electron chi connectivity index (χ2n) is 7.83. The van der Waals surface area contributed by atoms with Crippen LogP contribution in [0.5, 0.6) is 0 Å². The first kappa shape index (κ1) is 22.2. The molecule has 1 fully saturated rings. The van der Waals surface area contributed by atoms with Crippen LogP contribution in [0.15, 0.2) is 57.8 Å². The molecule has 1 amide bonds. The van der Waals surface area contributed by atoms with E-state index in [0.29, 0.717) is 22.8 Å². The van der Waals surface area contributed by atoms with Gasteiger partial charge in [-0.3, -0.25) is 14.0 Å². The molecule has 10 heteroatoms. The predicted octanol–water partition coefficient (Wildman–Crippen LogP) is 2.81. The number of ether oxygens (including phenoxy) is 2. The molecule has 34 heavy (non-hydrogen) atoms. The average Bonchev–Trinajstić information content (AvgIpc) is 3.55. The number of esters is 1. The zero-order valence-electron chi connectivity index (χ0n) is 18.5. The molecule has 1 saturated heterocycles. The highest BCUT2D eigenvalue weighted by molar-refractivity contribution is 7.12. The lowest BCUT2D eigenvalue weighted by Gasteiger charge is -2.17. The van der Waals surface area contributed by atoms with Crippen molar-refractivity contribution in [3.05, 3.63) is 74.3 Å². The SMILES string of the molecule is CCOC(=O)c1cc2c(=O)n3ccccc3nc2n(C[C@@H]2CCCO2)c1=NC(=O)c1cccs1. The van der Waals surface area contributed by atoms with E-state index in [1.807, 2.05) is 0 Å². The van der Waals surface area contributed by atoms with E-state index in [1.165, 1.54) is 21.8 Å². The van der Waals surface area contributed by atoms with Gasteiger partial charge in [0.1, 0.15) is 16.9 Å². The Kier molecular flexibility index (Phi) is 6.08. The Morgan fingerprint density at radius 3 is 2.91 bits per heavy atom. The first-order chi connectivity index (χ1) is 16.6. The smallest absolute Gasteiger partial charge is 0.341 e. The molecule has 4 aromatic rings. The second-order valence-corrected chi connectivity index (χ2v) is 8.77. The Morgan fingerprint density at radius 2 is 2.18 bits per heavy atom. The molecule has 0 spiro atoms. The van der Waals surface area contributed by atoms with Crippen LogP contribution in [0.3, 0.4) is 0 Å². The molecule has 1 aliphatic rings. The van der Waals surface area contributed by atoms with Crippen molar-refractivity contribution in [2.24, 2.45) is 4.99 Å². The summed E-state index contributed by atoms with van der Waals surface area (Å²) in [5.41, 5.74) is 0.584. The Hall–Kier alpha value is -3.63. The van der Waals surface area contributed by atoms with Crippen LogP contribution in [0.25, 0.3) is 16.7 Å². The molecule has 5 rings (SSSR count). The molecule has 0 unspecified atom stereocenters. The summed E-state index contributed by atoms with van der Waals surface area (Å²) in [5.74, 6) is -1.15. The van der Waals surface area contributed by atoms with E-state index in [1.54, 1.807) is 53.4 Å². The van der Waals surface area contributed by atoms with E-state index >= 15 is 0 Å². The zero-order chi connectivity index (χ0) is 23.7. The third kappa shape index (κ3) is 4.06. The number of amides is 1. The summed E-state index contributed by atoms with van der Waals surface area (Å²) in [6, 6.07) is 10.1. The van der Waals surface area contributed by atoms with Crippen molar-refractivity contribution in [2.45, 2.75) is 32.4 Å². The number of fused-ring (bicyclic) bond motifs is 2. The van der Waals surface area contributed by atoms with Gasteiger partial charge < -0.3 is 14.0 Å². The number of hydrogen-bond donors (Lipinski definition) is 0. The highest BCUT2D eigenvalue weighted by Crippen LogP contribution is 2.18. The lowest BCUT2D eigenvalue weighted by Crippen LogP contribution is -2.35. The Balaban J connectivity index is 1.87. The molecule has 0 saturated carbocycles. The molecule has 0 aliphatic carbocycles. The van der Waals surface area contributed by atoms with E-state index < -0.39 is 11.9 Å². The lowest BCUT2D eigenvalue weighted by atomic mass is 10.2. The summed E-state index contributed by atoms with van der Waals surface area (Å²) in [6.45, 7) is 2.74. The standard InChI is InChI=1S/C24H22N4O5S/c1-2-32-24(31)17-13-16-20(25-19-9-3-4-10-27(19)23(16)30)28(14-15-7-5-11-33-15)21(17)26-22(29)18-8-6-12-34-18/h3-4,6,8-10,12-13,15H,2,5,7,11,14H2,1H3/t15-/m0/s1. The van der Waals surface area contributed by atoms with Crippen LogP contribution in [-0.2, 0) is 16.0 Å². The number of pyridine rings is 2. The van der Waals surface area contributed by atoms with Crippen molar-refractivity contribution in [2.75, 3.05) is 13.2 Å². The number of nitrogens with zero attached hydrogens (tertiary/aromatic N) is 4. The molecular weight excluding hydrogens is 456 g/mol. The van der Waals surface area contributed by atoms with Crippen LogP contribution in [0.1, 0.15) is 39.8 Å². The maximum Gasteiger partial charge on any atom is 0.341 e. The van der Waals surface area contributed by atoms with Crippen LogP contribution in [0.2, 0.25) is 0 Å². The second kappa shape index (κ2) is 9.32. The maximum atomic E-state index is 13.4. The molecule has 4 aromatic heterocycles. The van der Waals surface area contributed by atoms with Crippen LogP contribution in [0, 0.1) is 0 Å². The van der Waals surface area contributed by atoms with Gasteiger partial charge in [-0.2, -0.15) is 4.99 Å². The van der Waals surface area contributed by atoms with Gasteiger partial charge in [-0.1, -0.05) is 12.1 Å². The minimum atomic E-state index is -0.666. The number of rotatable bonds is 5. The molecule has 1 aliphatic heterocycles. The quantitative estimate of drug-likeness (QED) is 0.323. The first-order valence-corrected chi connectivity index (χ1v) is 11.9. The molecule has 9 nitrogen and oxygen atoms in total. The first-order valence-electron chi connectivity index (χ1n) is 11.0. The van der Waals surface area contributed by atoms with Gasteiger partial charge in [0.15, 0.2) is 5.49 Å². The third-order valence-corrected chi connectivity index (χ3v) is 6.49. The largest absolute Gasteiger partial charge is 0.462 e. The van der Waals surface area contributed by atoms with Crippen molar-refractivity contribution >= 4 is 39.9 Å². The number of carbonyl (C=O) groups excluding carboxylic acids is 2. The average molecular weight is 479 g/mol. The van der Waals surface area contributed by atoms with E-state index in [-0.39, 0.29) is 41.3 Å². The summed E-state index contributed by atoms with van der Waals surface area (Å²) < 4.78 is 14.2. The van der Waals surface area contributed by atoms with Gasteiger partial charge in [0.25, 0.3) is 11.5 Å². The van der Waals surface area contributed by atoms with E-state index in [4.69, 9.17) is 14.5 Å². The molecule has 174 valence electrons. The Morgan fingerprint density at radius 1 is 1.29 bits per heavy atom. The van der Waals surface area contributed by atoms with Crippen LogP contribution >= 0.6 is 11.3 Å². The molecule has 0 radical (unpaired) electrons. The van der Waals surface area contributed by atoms with Crippen molar-refractivity contribution < 1.29 is 19.1 Å². The van der Waals surface area contributed by atoms with Gasteiger partial charge >= 0.3 is 5.97 Å². The van der Waals surface area contributed by atoms with Crippen LogP contribution < -0.4 is 11.0 Å². The van der Waals surface area contributed by atoms with Gasteiger partial charge in [-0.05, 0) is 49.4 Å². The highest BCUT2D eigenvalue weighted by atomic mass is 32.1. The summed E-state index contributed by atoms with van der Waals surface area (Å²) in [5, 5.41) is 2.01. The molecule has 0 N–H and O–H groups in total. The van der Waals surface area contributed by atoms with Crippen molar-refractivity contribution in [1.29, 1.82) is 0 Å². The number of carbonyl (C=O) groups is 2. The van der Waals surface area contributed by atoms with Crippen LogP contribution in [-0.4, -0.2) is 45.1 Å². The fraction of sp³-hybridized carbons (Fsp3) is 0.292. The molecule has 1 atom stereocenters. The highest BCUT2D eigenvalue weighted by Gasteiger charge is 2.24. The topological polar surface area (TPSA) is 104 Å². The molecular formula is C24H22N4O5S. The summed E-state index contributed by atoms with van der Waals surface area (Å²) >= 11 is 1.26. The summed E-state index contributed by atoms with van der Waals surface area (Å²) in [4.78, 5) is 48.8. The van der Waals surface area contributed by atoms with E-state index in [0.717, 1.165) is 12.8 Å². The van der Waals surface area contributed by atoms with Crippen molar-refractivity contribution in [3.63, 3.8) is 0 Å². The van der Waals surface area contributed by atoms with Gasteiger partial charge in [0.05, 0.1) is 29.5 Å². The van der Waals surface area contributed by atoms with Gasteiger partial charge in [0, 0.05) is 12.8 Å². The maximum absolute atomic E-state index is 13.4. The van der Waals surface area contributed by atoms with Crippen LogP contribution in [0.4, 0.5) is 0 Å². The summed E-state index contributed by atoms with van der Waals surface area (Å²) in [6.07, 6.45) is 3.17. The number of aromatic nitrogens is 3. The zero-order valence-corrected chi connectivity index (χ0v) is 19.3. The number of thiophene rings is 1. The van der Waals surface area contributed by atoms with Gasteiger partial charge in [-0.15, -0.1) is 11.3 Å². The van der Waals surface area contributed by atoms with E-state index in [9.17, 15) is 14.4 Å². The Bertz CT molecular complexity index is 1510. The third-order valence-electron chi connectivity index (χ3n) is 5.63. The summed E-state index contributed by atoms with van der Waals surface area (Å²) in [7, 11) is 0. The number of hydrogen-bond acceptors (Lipinski definition) is 7. The molecule has 0 aromatic carbocycles. The predicted molar refractivity (Wildman–Crippen MR) is 126 cm³/mol. The van der Waals surface area contributed by atoms with Gasteiger partial charge in [-0.25, -0.2) is 9.78 Å². The van der Waals surface area contributed by atoms with Crippen molar-refractivity contribution in [3.8, 4) is 0 Å². The fourth-order valence-electron chi connectivity index (χ4n) is 4.07. The minimum absolute atomic E-state index is 0.0343. The Labute approximate surface area is 197 Å². The monoisotopic (exact) mass is 478 g/mol. The van der Waals surface area contributed by atoms with Gasteiger partial charge in [0.2, 0.25) is 0 Å². The van der Waals surface area contributed by atoms with Crippen molar-refractivity contribution in [1.82, 2.24) is 14.0 Å².